The van der Waals surface area contributed by atoms with Crippen LogP contribution in [0, 0.1) is 0 Å². The van der Waals surface area contributed by atoms with Crippen molar-refractivity contribution in [3.63, 3.8) is 0 Å². The van der Waals surface area contributed by atoms with E-state index in [1.54, 1.807) is 23.1 Å². The van der Waals surface area contributed by atoms with Gasteiger partial charge in [0.1, 0.15) is 5.82 Å². The largest absolute Gasteiger partial charge is 0.324 e. The van der Waals surface area contributed by atoms with Crippen LogP contribution in [0.2, 0.25) is 0 Å². The van der Waals surface area contributed by atoms with Gasteiger partial charge in [0, 0.05) is 17.0 Å². The molecule has 0 saturated heterocycles. The number of nitrogens with two attached hydrogens (primary N) is 1. The maximum atomic E-state index is 5.73. The Balaban J connectivity index is 1.80. The summed E-state index contributed by atoms with van der Waals surface area (Å²) >= 11 is 3.53. The van der Waals surface area contributed by atoms with E-state index in [2.05, 4.69) is 51.3 Å². The van der Waals surface area contributed by atoms with Crippen molar-refractivity contribution in [3.8, 4) is 0 Å². The Morgan fingerprint density at radius 2 is 2.14 bits per heavy atom. The van der Waals surface area contributed by atoms with E-state index < -0.39 is 0 Å². The number of thioether (sulfide) groups is 1. The van der Waals surface area contributed by atoms with Crippen LogP contribution in [0.3, 0.4) is 0 Å². The zero-order chi connectivity index (χ0) is 14.7. The van der Waals surface area contributed by atoms with Gasteiger partial charge in [-0.3, -0.25) is 0 Å². The number of fused-ring (bicyclic) bond motifs is 1. The third kappa shape index (κ3) is 2.97. The Kier molecular flexibility index (Phi) is 4.57. The molecule has 3 rings (SSSR count). The molecule has 2 N–H and O–H groups in total. The van der Waals surface area contributed by atoms with Crippen LogP contribution in [0.15, 0.2) is 34.8 Å². The highest BCUT2D eigenvalue weighted by Crippen LogP contribution is 2.31. The first-order valence-corrected chi connectivity index (χ1v) is 8.90. The molecular formula is C15H18N4S2. The highest BCUT2D eigenvalue weighted by atomic mass is 32.2. The fourth-order valence-electron chi connectivity index (χ4n) is 2.31. The molecule has 0 aliphatic rings. The van der Waals surface area contributed by atoms with Crippen molar-refractivity contribution in [3.05, 3.63) is 41.0 Å². The van der Waals surface area contributed by atoms with Crippen molar-refractivity contribution in [2.75, 3.05) is 0 Å². The van der Waals surface area contributed by atoms with Crippen LogP contribution in [-0.4, -0.2) is 14.8 Å². The zero-order valence-electron chi connectivity index (χ0n) is 12.0. The fraction of sp³-hybridized carbons (Fsp3) is 0.333. The molecule has 4 nitrogen and oxygen atoms in total. The van der Waals surface area contributed by atoms with Gasteiger partial charge >= 0.3 is 0 Å². The van der Waals surface area contributed by atoms with E-state index in [9.17, 15) is 0 Å². The monoisotopic (exact) mass is 318 g/mol. The molecule has 2 aromatic heterocycles. The molecule has 0 atom stereocenters. The number of hydrogen-bond acceptors (Lipinski definition) is 5. The van der Waals surface area contributed by atoms with Crippen molar-refractivity contribution in [1.82, 2.24) is 14.8 Å². The van der Waals surface area contributed by atoms with Crippen molar-refractivity contribution in [2.45, 2.75) is 37.3 Å². The van der Waals surface area contributed by atoms with Crippen LogP contribution in [-0.2, 0) is 18.8 Å². The van der Waals surface area contributed by atoms with Crippen molar-refractivity contribution in [2.24, 2.45) is 5.73 Å². The number of hydrogen-bond donors (Lipinski definition) is 1. The number of aromatic nitrogens is 3. The van der Waals surface area contributed by atoms with E-state index in [0.717, 1.165) is 29.7 Å². The maximum absolute atomic E-state index is 5.73. The van der Waals surface area contributed by atoms with E-state index in [1.807, 2.05) is 0 Å². The third-order valence-corrected chi connectivity index (χ3v) is 5.37. The first-order chi connectivity index (χ1) is 10.3. The summed E-state index contributed by atoms with van der Waals surface area (Å²) in [5.74, 6) is 1.78. The summed E-state index contributed by atoms with van der Waals surface area (Å²) in [7, 11) is 0. The Hall–Kier alpha value is -1.37. The molecule has 0 unspecified atom stereocenters. The molecule has 110 valence electrons. The molecule has 0 amide bonds. The van der Waals surface area contributed by atoms with Gasteiger partial charge in [0.05, 0.1) is 6.54 Å². The summed E-state index contributed by atoms with van der Waals surface area (Å²) in [6, 6.07) is 8.53. The SMILES string of the molecule is CCCn1c(CN)nnc1SCc1csc2ccccc12. The van der Waals surface area contributed by atoms with E-state index in [4.69, 9.17) is 5.73 Å². The quantitative estimate of drug-likeness (QED) is 0.705. The average Bonchev–Trinajstić information content (AvgIpc) is 3.09. The molecule has 0 fully saturated rings. The molecule has 0 saturated carbocycles. The minimum Gasteiger partial charge on any atom is -0.324 e. The average molecular weight is 318 g/mol. The van der Waals surface area contributed by atoms with Gasteiger partial charge < -0.3 is 10.3 Å². The van der Waals surface area contributed by atoms with Gasteiger partial charge in [-0.1, -0.05) is 36.9 Å². The number of thiophene rings is 1. The van der Waals surface area contributed by atoms with Crippen LogP contribution in [0.4, 0.5) is 0 Å². The Morgan fingerprint density at radius 3 is 2.95 bits per heavy atom. The summed E-state index contributed by atoms with van der Waals surface area (Å²) in [5, 5.41) is 13.0. The summed E-state index contributed by atoms with van der Waals surface area (Å²) in [4.78, 5) is 0. The standard InChI is InChI=1S/C15H18N4S2/c1-2-7-19-14(8-16)17-18-15(19)21-10-11-9-20-13-6-4-3-5-12(11)13/h3-6,9H,2,7-8,10,16H2,1H3. The third-order valence-electron chi connectivity index (χ3n) is 3.34. The van der Waals surface area contributed by atoms with E-state index in [1.165, 1.54) is 15.6 Å². The van der Waals surface area contributed by atoms with E-state index >= 15 is 0 Å². The smallest absolute Gasteiger partial charge is 0.191 e. The van der Waals surface area contributed by atoms with Gasteiger partial charge in [0.25, 0.3) is 0 Å². The lowest BCUT2D eigenvalue weighted by molar-refractivity contribution is 0.592. The lowest BCUT2D eigenvalue weighted by atomic mass is 10.2. The summed E-state index contributed by atoms with van der Waals surface area (Å²) < 4.78 is 3.48. The van der Waals surface area contributed by atoms with Crippen molar-refractivity contribution in [1.29, 1.82) is 0 Å². The molecule has 2 heterocycles. The molecule has 21 heavy (non-hydrogen) atoms. The second-order valence-corrected chi connectivity index (χ2v) is 6.65. The molecule has 6 heteroatoms. The zero-order valence-corrected chi connectivity index (χ0v) is 13.6. The van der Waals surface area contributed by atoms with Crippen molar-refractivity contribution >= 4 is 33.2 Å². The molecular weight excluding hydrogens is 300 g/mol. The Morgan fingerprint density at radius 1 is 1.29 bits per heavy atom. The summed E-state index contributed by atoms with van der Waals surface area (Å²) in [6.07, 6.45) is 1.06. The van der Waals surface area contributed by atoms with Crippen LogP contribution in [0.5, 0.6) is 0 Å². The minimum absolute atomic E-state index is 0.439. The molecule has 0 aliphatic carbocycles. The predicted molar refractivity (Wildman–Crippen MR) is 89.6 cm³/mol. The molecule has 0 aliphatic heterocycles. The van der Waals surface area contributed by atoms with E-state index in [0.29, 0.717) is 6.54 Å². The Labute approximate surface area is 132 Å². The minimum atomic E-state index is 0.439. The lowest BCUT2D eigenvalue weighted by Gasteiger charge is -2.07. The first kappa shape index (κ1) is 14.6. The predicted octanol–water partition coefficient (Wildman–Crippen LogP) is 3.65. The number of benzene rings is 1. The van der Waals surface area contributed by atoms with Crippen molar-refractivity contribution < 1.29 is 0 Å². The second-order valence-electron chi connectivity index (χ2n) is 4.80. The van der Waals surface area contributed by atoms with Gasteiger partial charge in [-0.15, -0.1) is 21.5 Å². The highest BCUT2D eigenvalue weighted by Gasteiger charge is 2.12. The molecule has 0 radical (unpaired) electrons. The molecule has 1 aromatic carbocycles. The number of nitrogens with zero attached hydrogens (tertiary/aromatic N) is 3. The van der Waals surface area contributed by atoms with E-state index in [-0.39, 0.29) is 0 Å². The van der Waals surface area contributed by atoms with Crippen LogP contribution >= 0.6 is 23.1 Å². The summed E-state index contributed by atoms with van der Waals surface area (Å²) in [6.45, 7) is 3.52. The van der Waals surface area contributed by atoms with Gasteiger partial charge in [0.15, 0.2) is 5.16 Å². The number of rotatable bonds is 6. The van der Waals surface area contributed by atoms with Gasteiger partial charge in [-0.2, -0.15) is 0 Å². The van der Waals surface area contributed by atoms with Crippen LogP contribution < -0.4 is 5.73 Å². The fourth-order valence-corrected chi connectivity index (χ4v) is 4.35. The van der Waals surface area contributed by atoms with Gasteiger partial charge in [0.2, 0.25) is 0 Å². The highest BCUT2D eigenvalue weighted by molar-refractivity contribution is 7.98. The maximum Gasteiger partial charge on any atom is 0.191 e. The topological polar surface area (TPSA) is 56.7 Å². The molecule has 3 aromatic rings. The normalized spacial score (nSPS) is 11.3. The first-order valence-electron chi connectivity index (χ1n) is 7.03. The van der Waals surface area contributed by atoms with Gasteiger partial charge in [-0.05, 0) is 28.8 Å². The van der Waals surface area contributed by atoms with Crippen LogP contribution in [0.1, 0.15) is 24.7 Å². The lowest BCUT2D eigenvalue weighted by Crippen LogP contribution is -2.09. The molecule has 0 bridgehead atoms. The van der Waals surface area contributed by atoms with Gasteiger partial charge in [-0.25, -0.2) is 0 Å². The second kappa shape index (κ2) is 6.60. The Bertz CT molecular complexity index is 732. The summed E-state index contributed by atoms with van der Waals surface area (Å²) in [5.41, 5.74) is 7.09. The molecule has 0 spiro atoms. The van der Waals surface area contributed by atoms with Crippen LogP contribution in [0.25, 0.3) is 10.1 Å².